The van der Waals surface area contributed by atoms with Crippen molar-refractivity contribution in [2.45, 2.75) is 25.7 Å². The Labute approximate surface area is 67.3 Å². The Kier molecular flexibility index (Phi) is 1.69. The highest BCUT2D eigenvalue weighted by Gasteiger charge is 2.44. The molecule has 1 saturated heterocycles. The average molecular weight is 157 g/mol. The van der Waals surface area contributed by atoms with Crippen LogP contribution in [-0.4, -0.2) is 23.7 Å². The standard InChI is InChI=1S/C8H15NS/c1-10-9-6-8(7-9)4-2-3-5-8/h2-7H2,1H3. The first-order valence-electron chi connectivity index (χ1n) is 4.14. The van der Waals surface area contributed by atoms with E-state index in [4.69, 9.17) is 0 Å². The topological polar surface area (TPSA) is 3.24 Å². The molecule has 0 aromatic carbocycles. The van der Waals surface area contributed by atoms with E-state index < -0.39 is 0 Å². The number of rotatable bonds is 1. The van der Waals surface area contributed by atoms with Crippen LogP contribution in [0.2, 0.25) is 0 Å². The summed E-state index contributed by atoms with van der Waals surface area (Å²) in [6, 6.07) is 0. The molecule has 10 heavy (non-hydrogen) atoms. The lowest BCUT2D eigenvalue weighted by atomic mass is 9.80. The van der Waals surface area contributed by atoms with Gasteiger partial charge in [-0.05, 0) is 24.5 Å². The van der Waals surface area contributed by atoms with E-state index >= 15 is 0 Å². The summed E-state index contributed by atoms with van der Waals surface area (Å²) in [5.74, 6) is 0. The van der Waals surface area contributed by atoms with E-state index in [-0.39, 0.29) is 0 Å². The highest BCUT2D eigenvalue weighted by Crippen LogP contribution is 2.47. The molecule has 58 valence electrons. The monoisotopic (exact) mass is 157 g/mol. The van der Waals surface area contributed by atoms with Crippen LogP contribution in [-0.2, 0) is 0 Å². The maximum absolute atomic E-state index is 2.48. The summed E-state index contributed by atoms with van der Waals surface area (Å²) < 4.78 is 2.48. The van der Waals surface area contributed by atoms with Crippen LogP contribution in [0.1, 0.15) is 25.7 Å². The van der Waals surface area contributed by atoms with Gasteiger partial charge in [0.05, 0.1) is 0 Å². The molecule has 2 rings (SSSR count). The fourth-order valence-corrected chi connectivity index (χ4v) is 3.08. The predicted octanol–water partition coefficient (Wildman–Crippen LogP) is 2.14. The fraction of sp³-hybridized carbons (Fsp3) is 1.00. The van der Waals surface area contributed by atoms with Crippen molar-refractivity contribution in [3.63, 3.8) is 0 Å². The van der Waals surface area contributed by atoms with Crippen molar-refractivity contribution >= 4 is 11.9 Å². The molecule has 1 aliphatic heterocycles. The quantitative estimate of drug-likeness (QED) is 0.536. The number of nitrogens with zero attached hydrogens (tertiary/aromatic N) is 1. The van der Waals surface area contributed by atoms with E-state index in [1.54, 1.807) is 0 Å². The molecule has 1 saturated carbocycles. The number of hydrogen-bond donors (Lipinski definition) is 0. The van der Waals surface area contributed by atoms with Gasteiger partial charge in [0.2, 0.25) is 0 Å². The third kappa shape index (κ3) is 0.978. The Balaban J connectivity index is 1.86. The molecule has 2 fully saturated rings. The number of hydrogen-bond acceptors (Lipinski definition) is 2. The first-order valence-corrected chi connectivity index (χ1v) is 5.32. The van der Waals surface area contributed by atoms with Crippen molar-refractivity contribution in [2.75, 3.05) is 19.3 Å². The van der Waals surface area contributed by atoms with Crippen LogP contribution >= 0.6 is 11.9 Å². The van der Waals surface area contributed by atoms with Gasteiger partial charge in [-0.15, -0.1) is 0 Å². The van der Waals surface area contributed by atoms with Crippen molar-refractivity contribution in [2.24, 2.45) is 5.41 Å². The first kappa shape index (κ1) is 6.99. The molecule has 1 heterocycles. The molecular formula is C8H15NS. The lowest BCUT2D eigenvalue weighted by molar-refractivity contribution is 0.0886. The summed E-state index contributed by atoms with van der Waals surface area (Å²) in [6.07, 6.45) is 8.17. The van der Waals surface area contributed by atoms with Crippen molar-refractivity contribution in [1.82, 2.24) is 4.31 Å². The highest BCUT2D eigenvalue weighted by molar-refractivity contribution is 7.96. The van der Waals surface area contributed by atoms with Crippen LogP contribution < -0.4 is 0 Å². The molecule has 0 bridgehead atoms. The van der Waals surface area contributed by atoms with Crippen LogP contribution in [0, 0.1) is 5.41 Å². The summed E-state index contributed by atoms with van der Waals surface area (Å²) in [4.78, 5) is 0. The van der Waals surface area contributed by atoms with Crippen LogP contribution in [0.25, 0.3) is 0 Å². The molecule has 1 aliphatic carbocycles. The molecule has 2 aliphatic rings. The smallest absolute Gasteiger partial charge is 0.0159 e. The summed E-state index contributed by atoms with van der Waals surface area (Å²) in [7, 11) is 0. The van der Waals surface area contributed by atoms with Gasteiger partial charge in [0.15, 0.2) is 0 Å². The lowest BCUT2D eigenvalue weighted by Gasteiger charge is -2.46. The van der Waals surface area contributed by atoms with Crippen molar-refractivity contribution in [1.29, 1.82) is 0 Å². The van der Waals surface area contributed by atoms with Gasteiger partial charge in [0.25, 0.3) is 0 Å². The van der Waals surface area contributed by atoms with E-state index in [1.165, 1.54) is 38.8 Å². The Morgan fingerprint density at radius 3 is 2.30 bits per heavy atom. The Morgan fingerprint density at radius 2 is 1.80 bits per heavy atom. The second-order valence-corrected chi connectivity index (χ2v) is 4.57. The van der Waals surface area contributed by atoms with Crippen LogP contribution in [0.4, 0.5) is 0 Å². The zero-order valence-electron chi connectivity index (χ0n) is 6.60. The molecule has 1 spiro atoms. The minimum atomic E-state index is 0.795. The average Bonchev–Trinajstić information content (AvgIpc) is 2.30. The highest BCUT2D eigenvalue weighted by atomic mass is 32.2. The van der Waals surface area contributed by atoms with E-state index in [2.05, 4.69) is 10.6 Å². The zero-order chi connectivity index (χ0) is 7.03. The zero-order valence-corrected chi connectivity index (χ0v) is 7.41. The summed E-state index contributed by atoms with van der Waals surface area (Å²) in [6.45, 7) is 2.74. The van der Waals surface area contributed by atoms with Gasteiger partial charge in [0, 0.05) is 13.1 Å². The molecule has 1 nitrogen and oxygen atoms in total. The maximum atomic E-state index is 2.48. The van der Waals surface area contributed by atoms with Gasteiger partial charge in [-0.2, -0.15) is 0 Å². The summed E-state index contributed by atoms with van der Waals surface area (Å²) in [5.41, 5.74) is 0.795. The van der Waals surface area contributed by atoms with Crippen LogP contribution in [0.15, 0.2) is 0 Å². The van der Waals surface area contributed by atoms with Gasteiger partial charge in [-0.1, -0.05) is 24.8 Å². The van der Waals surface area contributed by atoms with Gasteiger partial charge in [-0.3, -0.25) is 0 Å². The van der Waals surface area contributed by atoms with E-state index in [1.807, 2.05) is 11.9 Å². The van der Waals surface area contributed by atoms with Crippen molar-refractivity contribution in [3.8, 4) is 0 Å². The minimum absolute atomic E-state index is 0.795. The molecule has 0 amide bonds. The van der Waals surface area contributed by atoms with Gasteiger partial charge >= 0.3 is 0 Å². The molecule has 0 aromatic heterocycles. The van der Waals surface area contributed by atoms with Crippen LogP contribution in [0.5, 0.6) is 0 Å². The fourth-order valence-electron chi connectivity index (χ4n) is 2.27. The van der Waals surface area contributed by atoms with Gasteiger partial charge in [0.1, 0.15) is 0 Å². The second-order valence-electron chi connectivity index (χ2n) is 3.69. The van der Waals surface area contributed by atoms with Gasteiger partial charge < -0.3 is 0 Å². The Bertz CT molecular complexity index is 121. The Hall–Kier alpha value is 0.310. The van der Waals surface area contributed by atoms with E-state index in [0.29, 0.717) is 0 Å². The molecule has 0 N–H and O–H groups in total. The SMILES string of the molecule is CSN1CC2(CCCC2)C1. The third-order valence-corrected chi connectivity index (χ3v) is 3.72. The molecule has 0 atom stereocenters. The molecule has 2 heteroatoms. The van der Waals surface area contributed by atoms with E-state index in [9.17, 15) is 0 Å². The molecular weight excluding hydrogens is 142 g/mol. The molecule has 0 aromatic rings. The molecule has 0 unspecified atom stereocenters. The summed E-state index contributed by atoms with van der Waals surface area (Å²) in [5, 5.41) is 0. The van der Waals surface area contributed by atoms with Crippen molar-refractivity contribution in [3.05, 3.63) is 0 Å². The minimum Gasteiger partial charge on any atom is -0.250 e. The normalized spacial score (nSPS) is 30.9. The second kappa shape index (κ2) is 2.42. The maximum Gasteiger partial charge on any atom is 0.0159 e. The van der Waals surface area contributed by atoms with Crippen LogP contribution in [0.3, 0.4) is 0 Å². The summed E-state index contributed by atoms with van der Waals surface area (Å²) >= 11 is 1.91. The Morgan fingerprint density at radius 1 is 1.20 bits per heavy atom. The van der Waals surface area contributed by atoms with Crippen molar-refractivity contribution < 1.29 is 0 Å². The largest absolute Gasteiger partial charge is 0.250 e. The molecule has 0 radical (unpaired) electrons. The lowest BCUT2D eigenvalue weighted by Crippen LogP contribution is -2.50. The first-order chi connectivity index (χ1) is 4.85. The predicted molar refractivity (Wildman–Crippen MR) is 46.0 cm³/mol. The van der Waals surface area contributed by atoms with E-state index in [0.717, 1.165) is 5.41 Å². The third-order valence-electron chi connectivity index (χ3n) is 2.95. The van der Waals surface area contributed by atoms with Gasteiger partial charge in [-0.25, -0.2) is 4.31 Å².